The molecule has 146 valence electrons. The van der Waals surface area contributed by atoms with Crippen molar-refractivity contribution in [1.82, 2.24) is 15.1 Å². The first-order valence-electron chi connectivity index (χ1n) is 10.2. The molecular formula is C22H25FN4O. The standard InChI is InChI=1S/C22H25FN4O/c1-4-14-8-17-12(2)19(22-24-13(3)26-28-22)21(25-20(17)18(23)9-14)27-10-15-6-5-7-16(15)11-27/h8-9,15-16H,4-7,10-11H2,1-3H3/t15-,16?/m1/s1. The van der Waals surface area contributed by atoms with E-state index in [1.807, 2.05) is 26.8 Å². The van der Waals surface area contributed by atoms with E-state index in [0.29, 0.717) is 29.1 Å². The average molecular weight is 380 g/mol. The van der Waals surface area contributed by atoms with Crippen molar-refractivity contribution in [3.63, 3.8) is 0 Å². The van der Waals surface area contributed by atoms with E-state index >= 15 is 0 Å². The van der Waals surface area contributed by atoms with E-state index < -0.39 is 0 Å². The lowest BCUT2D eigenvalue weighted by Gasteiger charge is -2.23. The van der Waals surface area contributed by atoms with Gasteiger partial charge in [-0.05, 0) is 68.2 Å². The molecule has 0 amide bonds. The summed E-state index contributed by atoms with van der Waals surface area (Å²) in [4.78, 5) is 11.6. The molecule has 0 spiro atoms. The Labute approximate surface area is 164 Å². The van der Waals surface area contributed by atoms with E-state index in [-0.39, 0.29) is 5.82 Å². The van der Waals surface area contributed by atoms with Crippen LogP contribution in [0.3, 0.4) is 0 Å². The van der Waals surface area contributed by atoms with Gasteiger partial charge in [-0.3, -0.25) is 0 Å². The molecule has 28 heavy (non-hydrogen) atoms. The van der Waals surface area contributed by atoms with Crippen LogP contribution in [0.25, 0.3) is 22.4 Å². The number of nitrogens with zero attached hydrogens (tertiary/aromatic N) is 4. The van der Waals surface area contributed by atoms with E-state index in [4.69, 9.17) is 9.51 Å². The molecule has 6 heteroatoms. The predicted molar refractivity (Wildman–Crippen MR) is 107 cm³/mol. The molecule has 0 bridgehead atoms. The van der Waals surface area contributed by atoms with Crippen molar-refractivity contribution >= 4 is 16.7 Å². The molecule has 2 aromatic heterocycles. The Balaban J connectivity index is 1.74. The van der Waals surface area contributed by atoms with E-state index in [1.54, 1.807) is 6.07 Å². The lowest BCUT2D eigenvalue weighted by molar-refractivity contribution is 0.425. The number of halogens is 1. The van der Waals surface area contributed by atoms with Crippen LogP contribution in [0.5, 0.6) is 0 Å². The van der Waals surface area contributed by atoms with Gasteiger partial charge in [0.1, 0.15) is 17.2 Å². The largest absolute Gasteiger partial charge is 0.355 e. The fourth-order valence-electron chi connectivity index (χ4n) is 5.01. The summed E-state index contributed by atoms with van der Waals surface area (Å²) in [6.07, 6.45) is 4.64. The number of aromatic nitrogens is 3. The summed E-state index contributed by atoms with van der Waals surface area (Å²) in [5.74, 6) is 3.01. The highest BCUT2D eigenvalue weighted by molar-refractivity contribution is 5.93. The van der Waals surface area contributed by atoms with Crippen LogP contribution in [0.4, 0.5) is 10.2 Å². The molecule has 2 aliphatic rings. The first kappa shape index (κ1) is 17.6. The number of rotatable bonds is 3. The van der Waals surface area contributed by atoms with Gasteiger partial charge >= 0.3 is 0 Å². The van der Waals surface area contributed by atoms with E-state index in [0.717, 1.165) is 47.4 Å². The second-order valence-corrected chi connectivity index (χ2v) is 8.27. The maximum absolute atomic E-state index is 14.9. The topological polar surface area (TPSA) is 55.1 Å². The summed E-state index contributed by atoms with van der Waals surface area (Å²) in [6.45, 7) is 7.79. The highest BCUT2D eigenvalue weighted by atomic mass is 19.1. The Morgan fingerprint density at radius 1 is 1.14 bits per heavy atom. The summed E-state index contributed by atoms with van der Waals surface area (Å²) in [5, 5.41) is 4.81. The van der Waals surface area contributed by atoms with Crippen molar-refractivity contribution in [1.29, 1.82) is 0 Å². The third-order valence-corrected chi connectivity index (χ3v) is 6.52. The molecule has 1 unspecified atom stereocenters. The molecule has 3 heterocycles. The summed E-state index contributed by atoms with van der Waals surface area (Å²) in [7, 11) is 0. The summed E-state index contributed by atoms with van der Waals surface area (Å²) in [6, 6.07) is 3.64. The van der Waals surface area contributed by atoms with Crippen LogP contribution in [0, 0.1) is 31.5 Å². The second kappa shape index (κ2) is 6.54. The van der Waals surface area contributed by atoms with Crippen LogP contribution in [0.1, 0.15) is 43.1 Å². The molecule has 0 N–H and O–H groups in total. The van der Waals surface area contributed by atoms with Gasteiger partial charge in [-0.15, -0.1) is 0 Å². The fourth-order valence-corrected chi connectivity index (χ4v) is 5.01. The van der Waals surface area contributed by atoms with Crippen molar-refractivity contribution in [2.24, 2.45) is 11.8 Å². The first-order chi connectivity index (χ1) is 13.5. The van der Waals surface area contributed by atoms with Gasteiger partial charge in [-0.2, -0.15) is 4.98 Å². The number of aryl methyl sites for hydroxylation is 3. The Morgan fingerprint density at radius 2 is 1.89 bits per heavy atom. The molecule has 5 rings (SSSR count). The lowest BCUT2D eigenvalue weighted by atomic mass is 10.00. The van der Waals surface area contributed by atoms with Crippen molar-refractivity contribution in [2.75, 3.05) is 18.0 Å². The first-order valence-corrected chi connectivity index (χ1v) is 10.2. The SMILES string of the molecule is CCc1cc(F)c2nc(N3CC4CCC[C@@H]4C3)c(-c3nc(C)no3)c(C)c2c1. The third-order valence-electron chi connectivity index (χ3n) is 6.52. The molecule has 1 aliphatic carbocycles. The molecule has 2 atom stereocenters. The van der Waals surface area contributed by atoms with Crippen LogP contribution >= 0.6 is 0 Å². The van der Waals surface area contributed by atoms with Gasteiger partial charge in [-0.25, -0.2) is 9.37 Å². The number of fused-ring (bicyclic) bond motifs is 2. The number of benzene rings is 1. The Hall–Kier alpha value is -2.50. The van der Waals surface area contributed by atoms with Gasteiger partial charge in [0.25, 0.3) is 5.89 Å². The minimum absolute atomic E-state index is 0.258. The highest BCUT2D eigenvalue weighted by Crippen LogP contribution is 2.43. The molecule has 1 aromatic carbocycles. The second-order valence-electron chi connectivity index (χ2n) is 8.27. The predicted octanol–water partition coefficient (Wildman–Crippen LogP) is 4.84. The summed E-state index contributed by atoms with van der Waals surface area (Å²) >= 11 is 0. The van der Waals surface area contributed by atoms with Crippen LogP contribution < -0.4 is 4.90 Å². The number of pyridine rings is 1. The molecule has 0 radical (unpaired) electrons. The van der Waals surface area contributed by atoms with Gasteiger partial charge in [0, 0.05) is 18.5 Å². The molecule has 1 aliphatic heterocycles. The Morgan fingerprint density at radius 3 is 2.54 bits per heavy atom. The van der Waals surface area contributed by atoms with Crippen molar-refractivity contribution in [3.8, 4) is 11.5 Å². The lowest BCUT2D eigenvalue weighted by Crippen LogP contribution is -2.23. The maximum atomic E-state index is 14.9. The zero-order valence-electron chi connectivity index (χ0n) is 16.6. The monoisotopic (exact) mass is 380 g/mol. The number of anilines is 1. The summed E-state index contributed by atoms with van der Waals surface area (Å²) < 4.78 is 20.5. The fraction of sp³-hybridized carbons (Fsp3) is 0.500. The van der Waals surface area contributed by atoms with E-state index in [2.05, 4.69) is 15.0 Å². The Kier molecular flexibility index (Phi) is 4.11. The van der Waals surface area contributed by atoms with Gasteiger partial charge in [0.15, 0.2) is 5.82 Å². The van der Waals surface area contributed by atoms with Gasteiger partial charge in [0.2, 0.25) is 0 Å². The molecule has 2 fully saturated rings. The molecular weight excluding hydrogens is 355 g/mol. The summed E-state index contributed by atoms with van der Waals surface area (Å²) in [5.41, 5.74) is 3.20. The van der Waals surface area contributed by atoms with Gasteiger partial charge in [-0.1, -0.05) is 18.5 Å². The third kappa shape index (κ3) is 2.69. The quantitative estimate of drug-likeness (QED) is 0.651. The van der Waals surface area contributed by atoms with Crippen LogP contribution in [-0.4, -0.2) is 28.2 Å². The minimum atomic E-state index is -0.258. The van der Waals surface area contributed by atoms with E-state index in [1.165, 1.54) is 19.3 Å². The van der Waals surface area contributed by atoms with Crippen LogP contribution in [0.15, 0.2) is 16.7 Å². The normalized spacial score (nSPS) is 21.6. The van der Waals surface area contributed by atoms with Crippen LogP contribution in [-0.2, 0) is 6.42 Å². The van der Waals surface area contributed by atoms with Crippen molar-refractivity contribution < 1.29 is 8.91 Å². The smallest absolute Gasteiger partial charge is 0.261 e. The average Bonchev–Trinajstić information content (AvgIpc) is 3.38. The minimum Gasteiger partial charge on any atom is -0.355 e. The van der Waals surface area contributed by atoms with E-state index in [9.17, 15) is 4.39 Å². The maximum Gasteiger partial charge on any atom is 0.261 e. The molecule has 3 aromatic rings. The number of hydrogen-bond donors (Lipinski definition) is 0. The highest BCUT2D eigenvalue weighted by Gasteiger charge is 2.38. The Bertz CT molecular complexity index is 1050. The van der Waals surface area contributed by atoms with Crippen molar-refractivity contribution in [3.05, 3.63) is 34.9 Å². The number of hydrogen-bond acceptors (Lipinski definition) is 5. The molecule has 1 saturated heterocycles. The molecule has 5 nitrogen and oxygen atoms in total. The van der Waals surface area contributed by atoms with Gasteiger partial charge in [0.05, 0.1) is 5.56 Å². The van der Waals surface area contributed by atoms with Crippen LogP contribution in [0.2, 0.25) is 0 Å². The van der Waals surface area contributed by atoms with Crippen molar-refractivity contribution in [2.45, 2.75) is 46.5 Å². The van der Waals surface area contributed by atoms with Gasteiger partial charge < -0.3 is 9.42 Å². The zero-order valence-corrected chi connectivity index (χ0v) is 16.6. The zero-order chi connectivity index (χ0) is 19.4. The molecule has 1 saturated carbocycles.